The van der Waals surface area contributed by atoms with Crippen LogP contribution in [0.3, 0.4) is 0 Å². The molecule has 0 fully saturated rings. The highest BCUT2D eigenvalue weighted by Gasteiger charge is 2.19. The van der Waals surface area contributed by atoms with Crippen LogP contribution in [0.2, 0.25) is 0 Å². The molecule has 0 saturated heterocycles. The van der Waals surface area contributed by atoms with E-state index in [9.17, 15) is 8.42 Å². The van der Waals surface area contributed by atoms with Gasteiger partial charge in [-0.1, -0.05) is 0 Å². The quantitative estimate of drug-likeness (QED) is 0.596. The van der Waals surface area contributed by atoms with Gasteiger partial charge in [0.05, 0.1) is 11.4 Å². The Labute approximate surface area is 55.6 Å². The molecule has 0 aromatic carbocycles. The zero-order valence-corrected chi connectivity index (χ0v) is 6.64. The minimum atomic E-state index is -3.05. The van der Waals surface area contributed by atoms with Gasteiger partial charge in [0.1, 0.15) is 0 Å². The maximum atomic E-state index is 10.6. The van der Waals surface area contributed by atoms with Crippen LogP contribution in [0.15, 0.2) is 0 Å². The number of rotatable bonds is 2. The molecule has 0 amide bonds. The van der Waals surface area contributed by atoms with Crippen molar-refractivity contribution in [3.8, 4) is 0 Å². The highest BCUT2D eigenvalue weighted by Crippen LogP contribution is 2.02. The van der Waals surface area contributed by atoms with E-state index in [0.29, 0.717) is 0 Å². The lowest BCUT2D eigenvalue weighted by molar-refractivity contribution is 0.193. The second kappa shape index (κ2) is 2.66. The summed E-state index contributed by atoms with van der Waals surface area (Å²) in [5, 5.41) is 8.12. The molecule has 3 nitrogen and oxygen atoms in total. The molecule has 0 radical (unpaired) electrons. The predicted molar refractivity (Wildman–Crippen MR) is 36.0 cm³/mol. The smallest absolute Gasteiger partial charge is 0.152 e. The van der Waals surface area contributed by atoms with Crippen molar-refractivity contribution in [2.45, 2.75) is 25.2 Å². The average Bonchev–Trinajstić information content (AvgIpc) is 1.62. The van der Waals surface area contributed by atoms with E-state index in [0.717, 1.165) is 6.26 Å². The molecule has 0 rings (SSSR count). The first kappa shape index (κ1) is 8.91. The van der Waals surface area contributed by atoms with Crippen molar-refractivity contribution >= 4 is 9.84 Å². The van der Waals surface area contributed by atoms with Gasteiger partial charge in [0.15, 0.2) is 9.84 Å². The fourth-order valence-electron chi connectivity index (χ4n) is 0.358. The van der Waals surface area contributed by atoms with Crippen LogP contribution in [0.4, 0.5) is 0 Å². The lowest BCUT2D eigenvalue weighted by atomic mass is 10.3. The summed E-state index contributed by atoms with van der Waals surface area (Å²) in [5.41, 5.74) is 0. The van der Waals surface area contributed by atoms with E-state index in [1.165, 1.54) is 13.8 Å². The van der Waals surface area contributed by atoms with Crippen molar-refractivity contribution in [2.24, 2.45) is 0 Å². The third-order valence-corrected chi connectivity index (χ3v) is 3.10. The van der Waals surface area contributed by atoms with Crippen molar-refractivity contribution in [3.05, 3.63) is 0 Å². The standard InChI is InChI=1S/C5H12O3S/c1-4(6)5(2)9(3,7)8/h4-6H,1-3H3/t4-,5-/m0/s1. The third kappa shape index (κ3) is 2.81. The molecule has 9 heavy (non-hydrogen) atoms. The van der Waals surface area contributed by atoms with Gasteiger partial charge < -0.3 is 5.11 Å². The van der Waals surface area contributed by atoms with Crippen molar-refractivity contribution in [3.63, 3.8) is 0 Å². The van der Waals surface area contributed by atoms with Crippen LogP contribution in [-0.2, 0) is 9.84 Å². The summed E-state index contributed by atoms with van der Waals surface area (Å²) >= 11 is 0. The van der Waals surface area contributed by atoms with Crippen LogP contribution in [-0.4, -0.2) is 31.1 Å². The first-order chi connectivity index (χ1) is 3.85. The Bertz CT molecular complexity index is 169. The molecule has 4 heteroatoms. The molecule has 0 aromatic heterocycles. The number of hydrogen-bond acceptors (Lipinski definition) is 3. The SMILES string of the molecule is C[C@H](O)[C@H](C)S(C)(=O)=O. The fourth-order valence-corrected chi connectivity index (χ4v) is 1.07. The van der Waals surface area contributed by atoms with Gasteiger partial charge >= 0.3 is 0 Å². The van der Waals surface area contributed by atoms with Crippen LogP contribution in [0.5, 0.6) is 0 Å². The maximum Gasteiger partial charge on any atom is 0.152 e. The molecular weight excluding hydrogens is 140 g/mol. The maximum absolute atomic E-state index is 10.6. The Morgan fingerprint density at radius 3 is 1.67 bits per heavy atom. The fraction of sp³-hybridized carbons (Fsp3) is 1.00. The first-order valence-corrected chi connectivity index (χ1v) is 4.68. The van der Waals surface area contributed by atoms with Crippen LogP contribution in [0.25, 0.3) is 0 Å². The summed E-state index contributed by atoms with van der Waals surface area (Å²) in [6, 6.07) is 0. The minimum absolute atomic E-state index is 0.655. The van der Waals surface area contributed by atoms with E-state index in [1.54, 1.807) is 0 Å². The van der Waals surface area contributed by atoms with Crippen LogP contribution < -0.4 is 0 Å². The highest BCUT2D eigenvalue weighted by molar-refractivity contribution is 7.91. The first-order valence-electron chi connectivity index (χ1n) is 2.72. The zero-order valence-electron chi connectivity index (χ0n) is 5.83. The summed E-state index contributed by atoms with van der Waals surface area (Å²) in [4.78, 5) is 0. The molecule has 0 unspecified atom stereocenters. The van der Waals surface area contributed by atoms with E-state index < -0.39 is 21.2 Å². The summed E-state index contributed by atoms with van der Waals surface area (Å²) in [7, 11) is -3.05. The molecule has 0 aliphatic rings. The second-order valence-electron chi connectivity index (χ2n) is 2.28. The van der Waals surface area contributed by atoms with Gasteiger partial charge in [-0.25, -0.2) is 8.42 Å². The number of sulfone groups is 1. The Morgan fingerprint density at radius 1 is 1.33 bits per heavy atom. The third-order valence-electron chi connectivity index (χ3n) is 1.35. The van der Waals surface area contributed by atoms with Gasteiger partial charge in [0, 0.05) is 6.26 Å². The monoisotopic (exact) mass is 152 g/mol. The summed E-state index contributed by atoms with van der Waals surface area (Å²) in [6.45, 7) is 2.95. The molecule has 0 spiro atoms. The normalized spacial score (nSPS) is 19.1. The molecule has 0 aliphatic heterocycles. The molecule has 56 valence electrons. The molecule has 2 atom stereocenters. The van der Waals surface area contributed by atoms with E-state index >= 15 is 0 Å². The summed E-state index contributed by atoms with van der Waals surface area (Å²) in [6.07, 6.45) is 0.338. The van der Waals surface area contributed by atoms with E-state index in [2.05, 4.69) is 0 Å². The molecular formula is C5H12O3S. The molecule has 0 aromatic rings. The van der Waals surface area contributed by atoms with Crippen LogP contribution in [0.1, 0.15) is 13.8 Å². The van der Waals surface area contributed by atoms with Crippen molar-refractivity contribution in [1.29, 1.82) is 0 Å². The van der Waals surface area contributed by atoms with Crippen LogP contribution >= 0.6 is 0 Å². The highest BCUT2D eigenvalue weighted by atomic mass is 32.2. The topological polar surface area (TPSA) is 54.4 Å². The molecule has 0 heterocycles. The predicted octanol–water partition coefficient (Wildman–Crippen LogP) is -0.200. The van der Waals surface area contributed by atoms with Gasteiger partial charge in [-0.3, -0.25) is 0 Å². The molecule has 1 N–H and O–H groups in total. The van der Waals surface area contributed by atoms with Crippen LogP contribution in [0, 0.1) is 0 Å². The summed E-state index contributed by atoms with van der Waals surface area (Å²) < 4.78 is 21.2. The Hall–Kier alpha value is -0.0900. The molecule has 0 aliphatic carbocycles. The number of aliphatic hydroxyl groups is 1. The number of hydrogen-bond donors (Lipinski definition) is 1. The Kier molecular flexibility index (Phi) is 2.64. The minimum Gasteiger partial charge on any atom is -0.392 e. The van der Waals surface area contributed by atoms with Gasteiger partial charge in [0.25, 0.3) is 0 Å². The van der Waals surface area contributed by atoms with Crippen molar-refractivity contribution < 1.29 is 13.5 Å². The van der Waals surface area contributed by atoms with Crippen molar-refractivity contribution in [2.75, 3.05) is 6.26 Å². The lowest BCUT2D eigenvalue weighted by Crippen LogP contribution is -2.27. The van der Waals surface area contributed by atoms with Gasteiger partial charge in [-0.05, 0) is 13.8 Å². The van der Waals surface area contributed by atoms with Gasteiger partial charge in [-0.15, -0.1) is 0 Å². The average molecular weight is 152 g/mol. The largest absolute Gasteiger partial charge is 0.392 e. The van der Waals surface area contributed by atoms with E-state index in [-0.39, 0.29) is 0 Å². The lowest BCUT2D eigenvalue weighted by Gasteiger charge is -2.10. The molecule has 0 bridgehead atoms. The summed E-state index contributed by atoms with van der Waals surface area (Å²) in [5.74, 6) is 0. The molecule has 0 saturated carbocycles. The van der Waals surface area contributed by atoms with Gasteiger partial charge in [0.2, 0.25) is 0 Å². The second-order valence-corrected chi connectivity index (χ2v) is 4.68. The van der Waals surface area contributed by atoms with E-state index in [1.807, 2.05) is 0 Å². The number of aliphatic hydroxyl groups excluding tert-OH is 1. The van der Waals surface area contributed by atoms with Crippen molar-refractivity contribution in [1.82, 2.24) is 0 Å². The Morgan fingerprint density at radius 2 is 1.67 bits per heavy atom. The zero-order chi connectivity index (χ0) is 7.65. The Balaban J connectivity index is 4.24. The van der Waals surface area contributed by atoms with Gasteiger partial charge in [-0.2, -0.15) is 0 Å². The van der Waals surface area contributed by atoms with E-state index in [4.69, 9.17) is 5.11 Å².